The summed E-state index contributed by atoms with van der Waals surface area (Å²) in [5, 5.41) is 6.29. The second-order valence-electron chi connectivity index (χ2n) is 2.42. The lowest BCUT2D eigenvalue weighted by molar-refractivity contribution is 0.609. The molecule has 1 aliphatic heterocycles. The Morgan fingerprint density at radius 2 is 2.25 bits per heavy atom. The van der Waals surface area contributed by atoms with Crippen LogP contribution in [0.5, 0.6) is 0 Å². The molecule has 0 radical (unpaired) electrons. The van der Waals surface area contributed by atoms with Gasteiger partial charge in [0.25, 0.3) is 0 Å². The van der Waals surface area contributed by atoms with E-state index in [0.717, 1.165) is 6.21 Å². The second kappa shape index (κ2) is 2.99. The molecular formula is C6H7ClN2O2S. The van der Waals surface area contributed by atoms with Gasteiger partial charge in [-0.3, -0.25) is 5.41 Å². The van der Waals surface area contributed by atoms with Crippen molar-refractivity contribution in [2.24, 2.45) is 4.99 Å². The van der Waals surface area contributed by atoms with Gasteiger partial charge in [-0.1, -0.05) is 6.08 Å². The third-order valence-corrected chi connectivity index (χ3v) is 2.99. The molecule has 1 rings (SSSR count). The summed E-state index contributed by atoms with van der Waals surface area (Å²) in [5.41, 5.74) is 0.520. The highest BCUT2D eigenvalue weighted by Gasteiger charge is 2.22. The highest BCUT2D eigenvalue weighted by atomic mass is 35.7. The summed E-state index contributed by atoms with van der Waals surface area (Å²) in [7, 11) is 1.46. The predicted molar refractivity (Wildman–Crippen MR) is 48.5 cm³/mol. The maximum atomic E-state index is 10.8. The molecule has 0 fully saturated rings. The fourth-order valence-electron chi connectivity index (χ4n) is 0.772. The van der Waals surface area contributed by atoms with Crippen LogP contribution in [0, 0.1) is 5.41 Å². The van der Waals surface area contributed by atoms with Crippen molar-refractivity contribution in [3.63, 3.8) is 0 Å². The molecule has 0 amide bonds. The number of aliphatic imine (C=N–C) groups is 1. The normalized spacial score (nSPS) is 24.0. The van der Waals surface area contributed by atoms with Crippen LogP contribution in [0.4, 0.5) is 0 Å². The number of dihydropyridines is 1. The van der Waals surface area contributed by atoms with Gasteiger partial charge in [0.05, 0.1) is 0 Å². The molecule has 0 spiro atoms. The molecule has 0 aliphatic carbocycles. The number of hydrogen-bond acceptors (Lipinski definition) is 3. The Bertz CT molecular complexity index is 369. The van der Waals surface area contributed by atoms with E-state index in [0.29, 0.717) is 5.57 Å². The molecular weight excluding hydrogens is 200 g/mol. The fourth-order valence-corrected chi connectivity index (χ4v) is 1.64. The Balaban J connectivity index is 3.03. The quantitative estimate of drug-likeness (QED) is 0.649. The van der Waals surface area contributed by atoms with E-state index in [9.17, 15) is 8.42 Å². The molecule has 66 valence electrons. The summed E-state index contributed by atoms with van der Waals surface area (Å²) in [5.74, 6) is 0.0755. The van der Waals surface area contributed by atoms with Gasteiger partial charge in [-0.05, 0) is 12.5 Å². The van der Waals surface area contributed by atoms with Crippen molar-refractivity contribution in [3.8, 4) is 0 Å². The molecule has 1 unspecified atom stereocenters. The van der Waals surface area contributed by atoms with Gasteiger partial charge in [0.2, 0.25) is 9.05 Å². The van der Waals surface area contributed by atoms with E-state index in [-0.39, 0.29) is 5.84 Å². The first kappa shape index (κ1) is 9.41. The Morgan fingerprint density at radius 3 is 2.67 bits per heavy atom. The predicted octanol–water partition coefficient (Wildman–Crippen LogP) is 0.932. The highest BCUT2D eigenvalue weighted by Crippen LogP contribution is 2.13. The minimum absolute atomic E-state index is 0.0755. The van der Waals surface area contributed by atoms with Gasteiger partial charge >= 0.3 is 0 Å². The van der Waals surface area contributed by atoms with E-state index in [4.69, 9.17) is 16.1 Å². The number of amidine groups is 1. The number of nitrogens with one attached hydrogen (secondary N) is 1. The van der Waals surface area contributed by atoms with Crippen LogP contribution in [0.25, 0.3) is 0 Å². The highest BCUT2D eigenvalue weighted by molar-refractivity contribution is 8.14. The average Bonchev–Trinajstić information content (AvgIpc) is 1.92. The molecule has 0 aromatic rings. The molecule has 6 heteroatoms. The van der Waals surface area contributed by atoms with Gasteiger partial charge in [0, 0.05) is 16.9 Å². The summed E-state index contributed by atoms with van der Waals surface area (Å²) in [4.78, 5) is 3.59. The minimum Gasteiger partial charge on any atom is -0.283 e. The standard InChI is InChI=1S/C6H7ClN2O2S/c1-4-2-5(12(7,10)11)3-9-6(4)8/h2-3,5,8H,1H3. The van der Waals surface area contributed by atoms with E-state index in [1.54, 1.807) is 6.92 Å². The van der Waals surface area contributed by atoms with Crippen molar-refractivity contribution in [1.29, 1.82) is 5.41 Å². The van der Waals surface area contributed by atoms with Crippen molar-refractivity contribution in [1.82, 2.24) is 0 Å². The Labute approximate surface area is 74.9 Å². The van der Waals surface area contributed by atoms with Crippen molar-refractivity contribution in [3.05, 3.63) is 11.6 Å². The van der Waals surface area contributed by atoms with Crippen LogP contribution in [0.15, 0.2) is 16.6 Å². The first-order chi connectivity index (χ1) is 5.41. The Morgan fingerprint density at radius 1 is 1.67 bits per heavy atom. The lowest BCUT2D eigenvalue weighted by Crippen LogP contribution is -2.20. The van der Waals surface area contributed by atoms with Crippen LogP contribution in [0.1, 0.15) is 6.92 Å². The van der Waals surface area contributed by atoms with Gasteiger partial charge in [-0.2, -0.15) is 0 Å². The third kappa shape index (κ3) is 1.92. The summed E-state index contributed by atoms with van der Waals surface area (Å²) in [6.45, 7) is 1.62. The maximum Gasteiger partial charge on any atom is 0.244 e. The first-order valence-electron chi connectivity index (χ1n) is 3.16. The molecule has 1 heterocycles. The summed E-state index contributed by atoms with van der Waals surface area (Å²) in [6.07, 6.45) is 2.55. The molecule has 0 bridgehead atoms. The van der Waals surface area contributed by atoms with Gasteiger partial charge < -0.3 is 0 Å². The molecule has 0 saturated heterocycles. The van der Waals surface area contributed by atoms with E-state index in [2.05, 4.69) is 4.99 Å². The third-order valence-electron chi connectivity index (χ3n) is 1.46. The molecule has 1 N–H and O–H groups in total. The smallest absolute Gasteiger partial charge is 0.244 e. The number of nitrogens with zero attached hydrogens (tertiary/aromatic N) is 1. The maximum absolute atomic E-state index is 10.8. The monoisotopic (exact) mass is 206 g/mol. The summed E-state index contributed by atoms with van der Waals surface area (Å²) in [6, 6.07) is 0. The van der Waals surface area contributed by atoms with Gasteiger partial charge in [0.15, 0.2) is 0 Å². The van der Waals surface area contributed by atoms with Crippen LogP contribution in [-0.4, -0.2) is 25.7 Å². The number of hydrogen-bond donors (Lipinski definition) is 1. The van der Waals surface area contributed by atoms with Crippen LogP contribution >= 0.6 is 10.7 Å². The lowest BCUT2D eigenvalue weighted by atomic mass is 10.2. The molecule has 12 heavy (non-hydrogen) atoms. The molecule has 0 aromatic heterocycles. The average molecular weight is 207 g/mol. The van der Waals surface area contributed by atoms with Crippen LogP contribution in [-0.2, 0) is 9.05 Å². The molecule has 1 atom stereocenters. The topological polar surface area (TPSA) is 70.3 Å². The molecule has 4 nitrogen and oxygen atoms in total. The van der Waals surface area contributed by atoms with E-state index in [1.165, 1.54) is 6.08 Å². The molecule has 0 saturated carbocycles. The zero-order valence-corrected chi connectivity index (χ0v) is 7.85. The van der Waals surface area contributed by atoms with Crippen molar-refractivity contribution in [2.45, 2.75) is 12.2 Å². The zero-order chi connectivity index (χ0) is 9.35. The van der Waals surface area contributed by atoms with Gasteiger partial charge in [0.1, 0.15) is 11.1 Å². The van der Waals surface area contributed by atoms with Crippen molar-refractivity contribution < 1.29 is 8.42 Å². The van der Waals surface area contributed by atoms with E-state index in [1.807, 2.05) is 0 Å². The minimum atomic E-state index is -3.63. The van der Waals surface area contributed by atoms with Crippen molar-refractivity contribution in [2.75, 3.05) is 0 Å². The second-order valence-corrected chi connectivity index (χ2v) is 5.20. The largest absolute Gasteiger partial charge is 0.283 e. The summed E-state index contributed by atoms with van der Waals surface area (Å²) < 4.78 is 21.6. The first-order valence-corrected chi connectivity index (χ1v) is 5.53. The number of halogens is 1. The Hall–Kier alpha value is -0.680. The Kier molecular flexibility index (Phi) is 2.34. The van der Waals surface area contributed by atoms with Crippen LogP contribution < -0.4 is 0 Å². The number of rotatable bonds is 1. The van der Waals surface area contributed by atoms with E-state index >= 15 is 0 Å². The summed E-state index contributed by atoms with van der Waals surface area (Å²) >= 11 is 0. The zero-order valence-electron chi connectivity index (χ0n) is 6.28. The fraction of sp³-hybridized carbons (Fsp3) is 0.333. The molecule has 0 aromatic carbocycles. The SMILES string of the molecule is CC1=CC(S(=O)(=O)Cl)C=NC1=N. The van der Waals surface area contributed by atoms with Crippen LogP contribution in [0.3, 0.4) is 0 Å². The molecule has 1 aliphatic rings. The lowest BCUT2D eigenvalue weighted by Gasteiger charge is -2.09. The van der Waals surface area contributed by atoms with Crippen molar-refractivity contribution >= 4 is 31.8 Å². The van der Waals surface area contributed by atoms with E-state index < -0.39 is 14.3 Å². The van der Waals surface area contributed by atoms with Gasteiger partial charge in [-0.15, -0.1) is 0 Å². The van der Waals surface area contributed by atoms with Crippen LogP contribution in [0.2, 0.25) is 0 Å². The van der Waals surface area contributed by atoms with Gasteiger partial charge in [-0.25, -0.2) is 13.4 Å².